The first kappa shape index (κ1) is 20.7. The molecule has 160 valence electrons. The minimum atomic E-state index is -0.804. The summed E-state index contributed by atoms with van der Waals surface area (Å²) in [6, 6.07) is 14.4. The fourth-order valence-corrected chi connectivity index (χ4v) is 3.97. The number of fused-ring (bicyclic) bond motifs is 2. The molecule has 1 aliphatic carbocycles. The Kier molecular flexibility index (Phi) is 6.08. The molecule has 0 fully saturated rings. The van der Waals surface area contributed by atoms with Gasteiger partial charge in [-0.15, -0.1) is 0 Å². The van der Waals surface area contributed by atoms with Crippen molar-refractivity contribution in [1.29, 1.82) is 0 Å². The Hall–Kier alpha value is -3.52. The largest absolute Gasteiger partial charge is 0.451 e. The molecule has 0 saturated heterocycles. The molecule has 0 unspecified atom stereocenters. The van der Waals surface area contributed by atoms with Gasteiger partial charge in [-0.3, -0.25) is 9.59 Å². The van der Waals surface area contributed by atoms with Gasteiger partial charge in [0.1, 0.15) is 0 Å². The third-order valence-corrected chi connectivity index (χ3v) is 5.41. The van der Waals surface area contributed by atoms with E-state index in [1.165, 1.54) is 5.56 Å². The molecule has 0 spiro atoms. The van der Waals surface area contributed by atoms with Crippen LogP contribution in [-0.2, 0) is 22.5 Å². The van der Waals surface area contributed by atoms with Crippen molar-refractivity contribution in [2.24, 2.45) is 0 Å². The second kappa shape index (κ2) is 9.09. The van der Waals surface area contributed by atoms with Crippen molar-refractivity contribution in [3.8, 4) is 0 Å². The maximum atomic E-state index is 12.7. The highest BCUT2D eigenvalue weighted by molar-refractivity contribution is 6.02. The molecule has 2 N–H and O–H groups in total. The lowest BCUT2D eigenvalue weighted by Gasteiger charge is -2.26. The summed E-state index contributed by atoms with van der Waals surface area (Å²) in [5, 5.41) is 16.8. The third kappa shape index (κ3) is 4.34. The number of carbonyl (C=O) groups is 2. The van der Waals surface area contributed by atoms with E-state index in [4.69, 9.17) is 4.74 Å². The number of esters is 1. The fourth-order valence-electron chi connectivity index (χ4n) is 3.97. The summed E-state index contributed by atoms with van der Waals surface area (Å²) in [7, 11) is 0. The molecule has 3 aromatic rings. The number of hydrogen-bond donors (Lipinski definition) is 2. The number of carbonyl (C=O) groups excluding carboxylic acids is 2. The van der Waals surface area contributed by atoms with Gasteiger partial charge >= 0.3 is 5.97 Å². The molecule has 1 atom stereocenters. The summed E-state index contributed by atoms with van der Waals surface area (Å²) in [6.07, 6.45) is 2.79. The number of nitrogens with one attached hydrogen (secondary N) is 1. The van der Waals surface area contributed by atoms with E-state index in [1.807, 2.05) is 18.2 Å². The van der Waals surface area contributed by atoms with Crippen LogP contribution in [0, 0.1) is 0 Å². The number of benzene rings is 2. The molecule has 0 bridgehead atoms. The van der Waals surface area contributed by atoms with Gasteiger partial charge in [-0.05, 0) is 36.5 Å². The van der Waals surface area contributed by atoms with E-state index >= 15 is 0 Å². The van der Waals surface area contributed by atoms with Crippen LogP contribution in [0.5, 0.6) is 0 Å². The van der Waals surface area contributed by atoms with Crippen LogP contribution < -0.4 is 10.9 Å². The van der Waals surface area contributed by atoms with Crippen molar-refractivity contribution in [2.75, 3.05) is 13.2 Å². The number of aliphatic hydroxyl groups excluding tert-OH is 1. The zero-order valence-electron chi connectivity index (χ0n) is 16.9. The first-order chi connectivity index (χ1) is 15.1. The molecular weight excluding hydrogens is 398 g/mol. The maximum Gasteiger partial charge on any atom is 0.359 e. The Labute approximate surface area is 178 Å². The number of ether oxygens (including phenoxy) is 1. The van der Waals surface area contributed by atoms with Gasteiger partial charge in [0.05, 0.1) is 24.6 Å². The summed E-state index contributed by atoms with van der Waals surface area (Å²) in [4.78, 5) is 37.6. The molecule has 8 nitrogen and oxygen atoms in total. The smallest absolute Gasteiger partial charge is 0.359 e. The van der Waals surface area contributed by atoms with Gasteiger partial charge in [-0.1, -0.05) is 42.5 Å². The van der Waals surface area contributed by atoms with Gasteiger partial charge < -0.3 is 15.2 Å². The molecule has 1 amide bonds. The highest BCUT2D eigenvalue weighted by Crippen LogP contribution is 2.29. The van der Waals surface area contributed by atoms with Crippen molar-refractivity contribution in [2.45, 2.75) is 31.8 Å². The summed E-state index contributed by atoms with van der Waals surface area (Å²) in [5.41, 5.74) is 1.84. The Bertz CT molecular complexity index is 1190. The average Bonchev–Trinajstić information content (AvgIpc) is 2.80. The van der Waals surface area contributed by atoms with E-state index in [1.54, 1.807) is 24.3 Å². The number of aromatic nitrogens is 2. The van der Waals surface area contributed by atoms with Gasteiger partial charge in [0.2, 0.25) is 0 Å². The number of nitrogens with zero attached hydrogens (tertiary/aromatic N) is 2. The van der Waals surface area contributed by atoms with Crippen LogP contribution in [0.4, 0.5) is 0 Å². The van der Waals surface area contributed by atoms with Crippen LogP contribution in [0.3, 0.4) is 0 Å². The normalized spacial score (nSPS) is 15.3. The zero-order chi connectivity index (χ0) is 21.8. The summed E-state index contributed by atoms with van der Waals surface area (Å²) in [6.45, 7) is -0.802. The van der Waals surface area contributed by atoms with E-state index < -0.39 is 24.0 Å². The molecule has 0 aliphatic heterocycles. The lowest BCUT2D eigenvalue weighted by Crippen LogP contribution is -2.34. The Morgan fingerprint density at radius 2 is 1.87 bits per heavy atom. The van der Waals surface area contributed by atoms with E-state index in [0.717, 1.165) is 29.5 Å². The molecule has 0 radical (unpaired) electrons. The van der Waals surface area contributed by atoms with E-state index in [9.17, 15) is 19.5 Å². The van der Waals surface area contributed by atoms with Crippen LogP contribution in [0.25, 0.3) is 10.8 Å². The number of hydrogen-bond acceptors (Lipinski definition) is 6. The van der Waals surface area contributed by atoms with E-state index in [2.05, 4.69) is 16.5 Å². The molecule has 1 heterocycles. The van der Waals surface area contributed by atoms with Crippen molar-refractivity contribution in [3.05, 3.63) is 75.7 Å². The van der Waals surface area contributed by atoms with Crippen molar-refractivity contribution in [3.63, 3.8) is 0 Å². The minimum absolute atomic E-state index is 0.0501. The first-order valence-electron chi connectivity index (χ1n) is 10.2. The average molecular weight is 421 g/mol. The molecule has 8 heteroatoms. The Morgan fingerprint density at radius 3 is 2.68 bits per heavy atom. The highest BCUT2D eigenvalue weighted by atomic mass is 16.5. The number of aliphatic hydroxyl groups is 1. The SMILES string of the molecule is O=C(COC(=O)c1nn(CCO)c(=O)c2ccccc12)N[C@H]1CCCc2ccccc21. The van der Waals surface area contributed by atoms with E-state index in [-0.39, 0.29) is 24.9 Å². The zero-order valence-corrected chi connectivity index (χ0v) is 16.9. The summed E-state index contributed by atoms with van der Waals surface area (Å²) < 4.78 is 6.23. The maximum absolute atomic E-state index is 12.7. The molecular formula is C23H23N3O5. The van der Waals surface area contributed by atoms with Gasteiger partial charge in [-0.25, -0.2) is 9.48 Å². The van der Waals surface area contributed by atoms with Gasteiger partial charge in [0.25, 0.3) is 11.5 Å². The minimum Gasteiger partial charge on any atom is -0.451 e. The van der Waals surface area contributed by atoms with Crippen LogP contribution in [0.2, 0.25) is 0 Å². The third-order valence-electron chi connectivity index (χ3n) is 5.41. The number of rotatable bonds is 6. The Morgan fingerprint density at radius 1 is 1.13 bits per heavy atom. The second-order valence-corrected chi connectivity index (χ2v) is 7.43. The predicted molar refractivity (Wildman–Crippen MR) is 114 cm³/mol. The monoisotopic (exact) mass is 421 g/mol. The van der Waals surface area contributed by atoms with Gasteiger partial charge in [0, 0.05) is 5.39 Å². The summed E-state index contributed by atoms with van der Waals surface area (Å²) in [5.74, 6) is -1.20. The topological polar surface area (TPSA) is 111 Å². The molecule has 1 aliphatic rings. The van der Waals surface area contributed by atoms with Gasteiger partial charge in [0.15, 0.2) is 12.3 Å². The van der Waals surface area contributed by atoms with Crippen molar-refractivity contribution >= 4 is 22.6 Å². The van der Waals surface area contributed by atoms with Crippen LogP contribution in [0.1, 0.15) is 40.5 Å². The number of amides is 1. The first-order valence-corrected chi connectivity index (χ1v) is 10.2. The van der Waals surface area contributed by atoms with Crippen LogP contribution in [-0.4, -0.2) is 40.0 Å². The van der Waals surface area contributed by atoms with Crippen molar-refractivity contribution < 1.29 is 19.4 Å². The lowest BCUT2D eigenvalue weighted by atomic mass is 9.88. The van der Waals surface area contributed by atoms with Crippen LogP contribution in [0.15, 0.2) is 53.3 Å². The molecule has 31 heavy (non-hydrogen) atoms. The number of aryl methyl sites for hydroxylation is 1. The highest BCUT2D eigenvalue weighted by Gasteiger charge is 2.23. The summed E-state index contributed by atoms with van der Waals surface area (Å²) >= 11 is 0. The van der Waals surface area contributed by atoms with Crippen LogP contribution >= 0.6 is 0 Å². The molecule has 2 aromatic carbocycles. The molecule has 4 rings (SSSR count). The molecule has 0 saturated carbocycles. The second-order valence-electron chi connectivity index (χ2n) is 7.43. The Balaban J connectivity index is 1.48. The predicted octanol–water partition coefficient (Wildman–Crippen LogP) is 1.74. The van der Waals surface area contributed by atoms with E-state index in [0.29, 0.717) is 10.8 Å². The standard InChI is InChI=1S/C23H23N3O5/c27-13-12-26-22(29)18-10-4-3-9-17(18)21(25-26)23(30)31-14-20(28)24-19-11-5-7-15-6-1-2-8-16(15)19/h1-4,6,8-10,19,27H,5,7,11-14H2,(H,24,28)/t19-/m0/s1. The van der Waals surface area contributed by atoms with Gasteiger partial charge in [-0.2, -0.15) is 5.10 Å². The fraction of sp³-hybridized carbons (Fsp3) is 0.304. The quantitative estimate of drug-likeness (QED) is 0.587. The lowest BCUT2D eigenvalue weighted by molar-refractivity contribution is -0.125. The molecule has 1 aromatic heterocycles. The van der Waals surface area contributed by atoms with Crippen molar-refractivity contribution in [1.82, 2.24) is 15.1 Å².